The molecule has 0 bridgehead atoms. The van der Waals surface area contributed by atoms with E-state index in [9.17, 15) is 18.8 Å². The van der Waals surface area contributed by atoms with Crippen LogP contribution in [0, 0.1) is 5.82 Å². The van der Waals surface area contributed by atoms with Gasteiger partial charge in [-0.2, -0.15) is 0 Å². The summed E-state index contributed by atoms with van der Waals surface area (Å²) in [4.78, 5) is 42.0. The maximum absolute atomic E-state index is 13.5. The monoisotopic (exact) mass is 374 g/mol. The van der Waals surface area contributed by atoms with Crippen molar-refractivity contribution < 1.29 is 18.8 Å². The molecule has 1 aromatic carbocycles. The van der Waals surface area contributed by atoms with Gasteiger partial charge in [-0.25, -0.2) is 4.39 Å². The second-order valence-electron chi connectivity index (χ2n) is 7.00. The highest BCUT2D eigenvalue weighted by Crippen LogP contribution is 2.22. The molecule has 1 fully saturated rings. The lowest BCUT2D eigenvalue weighted by Gasteiger charge is -2.41. The second kappa shape index (κ2) is 7.02. The van der Waals surface area contributed by atoms with Crippen LogP contribution in [0.15, 0.2) is 24.3 Å². The minimum absolute atomic E-state index is 0.130. The van der Waals surface area contributed by atoms with E-state index < -0.39 is 6.04 Å². The van der Waals surface area contributed by atoms with Crippen LogP contribution in [0.3, 0.4) is 0 Å². The smallest absolute Gasteiger partial charge is 0.270 e. The largest absolute Gasteiger partial charge is 0.347 e. The van der Waals surface area contributed by atoms with E-state index in [0.717, 1.165) is 5.52 Å². The number of rotatable bonds is 2. The van der Waals surface area contributed by atoms with Gasteiger partial charge >= 0.3 is 0 Å². The molecule has 1 atom stereocenters. The number of benzene rings is 1. The number of aryl methyl sites for hydroxylation is 1. The summed E-state index contributed by atoms with van der Waals surface area (Å²) in [6, 6.07) is 5.32. The zero-order chi connectivity index (χ0) is 19.9. The van der Waals surface area contributed by atoms with Crippen LogP contribution in [0.4, 0.5) is 4.39 Å². The zero-order valence-electron chi connectivity index (χ0n) is 15.9. The number of hydrogen-bond donors (Lipinski definition) is 0. The summed E-state index contributed by atoms with van der Waals surface area (Å²) in [7, 11) is 5.00. The summed E-state index contributed by atoms with van der Waals surface area (Å²) in [5.41, 5.74) is 1.17. The third kappa shape index (κ3) is 3.39. The lowest BCUT2D eigenvalue weighted by atomic mass is 10.1. The van der Waals surface area contributed by atoms with Crippen molar-refractivity contribution in [3.8, 4) is 0 Å². The molecule has 1 saturated heterocycles. The van der Waals surface area contributed by atoms with Crippen molar-refractivity contribution in [1.82, 2.24) is 19.3 Å². The van der Waals surface area contributed by atoms with Crippen LogP contribution >= 0.6 is 0 Å². The third-order valence-electron chi connectivity index (χ3n) is 5.02. The Hall–Kier alpha value is -2.90. The molecule has 27 heavy (non-hydrogen) atoms. The van der Waals surface area contributed by atoms with Crippen molar-refractivity contribution in [2.24, 2.45) is 7.05 Å². The molecule has 7 nitrogen and oxygen atoms in total. The van der Waals surface area contributed by atoms with Gasteiger partial charge in [-0.05, 0) is 24.3 Å². The van der Waals surface area contributed by atoms with E-state index in [1.165, 1.54) is 28.9 Å². The minimum atomic E-state index is -0.706. The molecule has 1 aliphatic heterocycles. The topological polar surface area (TPSA) is 65.9 Å². The number of likely N-dealkylation sites (N-methyl/N-ethyl adjacent to an activating group) is 1. The molecule has 3 rings (SSSR count). The number of nitrogens with zero attached hydrogens (tertiary/aromatic N) is 4. The number of halogens is 1. The molecule has 3 amide bonds. The van der Waals surface area contributed by atoms with Gasteiger partial charge in [0.05, 0.1) is 6.54 Å². The van der Waals surface area contributed by atoms with Gasteiger partial charge in [0.1, 0.15) is 17.6 Å². The third-order valence-corrected chi connectivity index (χ3v) is 5.02. The molecule has 0 aliphatic carbocycles. The summed E-state index contributed by atoms with van der Waals surface area (Å²) in [5.74, 6) is -1.02. The number of amides is 3. The van der Waals surface area contributed by atoms with Crippen molar-refractivity contribution in [2.75, 3.05) is 33.7 Å². The lowest BCUT2D eigenvalue weighted by molar-refractivity contribution is -0.146. The van der Waals surface area contributed by atoms with Crippen molar-refractivity contribution in [3.05, 3.63) is 35.8 Å². The highest BCUT2D eigenvalue weighted by molar-refractivity contribution is 5.99. The lowest BCUT2D eigenvalue weighted by Crippen LogP contribution is -2.61. The quantitative estimate of drug-likeness (QED) is 0.790. The number of aromatic nitrogens is 1. The molecule has 144 valence electrons. The Morgan fingerprint density at radius 3 is 2.48 bits per heavy atom. The number of fused-ring (bicyclic) bond motifs is 1. The first-order valence-corrected chi connectivity index (χ1v) is 8.73. The first-order chi connectivity index (χ1) is 12.7. The Bertz CT molecular complexity index is 921. The van der Waals surface area contributed by atoms with Crippen LogP contribution in [0.5, 0.6) is 0 Å². The molecule has 0 radical (unpaired) electrons. The molecule has 1 unspecified atom stereocenters. The molecule has 2 aromatic rings. The molecule has 1 aromatic heterocycles. The van der Waals surface area contributed by atoms with Gasteiger partial charge in [-0.1, -0.05) is 0 Å². The van der Waals surface area contributed by atoms with Gasteiger partial charge < -0.3 is 19.3 Å². The Kier molecular flexibility index (Phi) is 4.91. The van der Waals surface area contributed by atoms with E-state index in [4.69, 9.17) is 0 Å². The zero-order valence-corrected chi connectivity index (χ0v) is 15.9. The maximum Gasteiger partial charge on any atom is 0.270 e. The maximum atomic E-state index is 13.5. The molecule has 8 heteroatoms. The Morgan fingerprint density at radius 1 is 1.15 bits per heavy atom. The predicted molar refractivity (Wildman–Crippen MR) is 98.6 cm³/mol. The van der Waals surface area contributed by atoms with Gasteiger partial charge in [-0.3, -0.25) is 14.4 Å². The van der Waals surface area contributed by atoms with E-state index in [-0.39, 0.29) is 30.1 Å². The fourth-order valence-electron chi connectivity index (χ4n) is 3.54. The minimum Gasteiger partial charge on any atom is -0.347 e. The van der Waals surface area contributed by atoms with Crippen LogP contribution in [-0.2, 0) is 16.6 Å². The number of carbonyl (C=O) groups excluding carboxylic acids is 3. The average molecular weight is 374 g/mol. The van der Waals surface area contributed by atoms with Crippen molar-refractivity contribution in [2.45, 2.75) is 13.0 Å². The van der Waals surface area contributed by atoms with Crippen molar-refractivity contribution >= 4 is 28.6 Å². The summed E-state index contributed by atoms with van der Waals surface area (Å²) in [6.07, 6.45) is 0. The highest BCUT2D eigenvalue weighted by Gasteiger charge is 2.37. The van der Waals surface area contributed by atoms with Crippen LogP contribution in [0.1, 0.15) is 17.4 Å². The second-order valence-corrected chi connectivity index (χ2v) is 7.00. The standard InChI is InChI=1S/C19H23FN4O3/c1-12(25)24-8-7-23(11-17(24)18(26)21(2)3)19(27)16-10-13-9-14(20)5-6-15(13)22(16)4/h5-6,9-10,17H,7-8,11H2,1-4H3. The van der Waals surface area contributed by atoms with Gasteiger partial charge in [0.25, 0.3) is 5.91 Å². The molecule has 2 heterocycles. The molecular weight excluding hydrogens is 351 g/mol. The Morgan fingerprint density at radius 2 is 1.85 bits per heavy atom. The summed E-state index contributed by atoms with van der Waals surface area (Å²) >= 11 is 0. The number of carbonyl (C=O) groups is 3. The van der Waals surface area contributed by atoms with Gasteiger partial charge in [0.15, 0.2) is 0 Å². The highest BCUT2D eigenvalue weighted by atomic mass is 19.1. The van der Waals surface area contributed by atoms with Crippen LogP contribution in [0.25, 0.3) is 10.9 Å². The fraction of sp³-hybridized carbons (Fsp3) is 0.421. The molecule has 1 aliphatic rings. The van der Waals surface area contributed by atoms with E-state index >= 15 is 0 Å². The average Bonchev–Trinajstić information content (AvgIpc) is 2.95. The Labute approximate surface area is 156 Å². The fourth-order valence-corrected chi connectivity index (χ4v) is 3.54. The molecule has 0 N–H and O–H groups in total. The van der Waals surface area contributed by atoms with Crippen LogP contribution < -0.4 is 0 Å². The number of piperazine rings is 1. The predicted octanol–water partition coefficient (Wildman–Crippen LogP) is 1.08. The van der Waals surface area contributed by atoms with Crippen LogP contribution in [0.2, 0.25) is 0 Å². The first-order valence-electron chi connectivity index (χ1n) is 8.73. The normalized spacial score (nSPS) is 17.3. The van der Waals surface area contributed by atoms with Crippen molar-refractivity contribution in [3.63, 3.8) is 0 Å². The van der Waals surface area contributed by atoms with E-state index in [2.05, 4.69) is 0 Å². The van der Waals surface area contributed by atoms with Gasteiger partial charge in [-0.15, -0.1) is 0 Å². The first kappa shape index (κ1) is 18.9. The van der Waals surface area contributed by atoms with Gasteiger partial charge in [0.2, 0.25) is 11.8 Å². The van der Waals surface area contributed by atoms with E-state index in [1.807, 2.05) is 0 Å². The SMILES string of the molecule is CC(=O)N1CCN(C(=O)c2cc3cc(F)ccc3n2C)CC1C(=O)N(C)C. The van der Waals surface area contributed by atoms with E-state index in [0.29, 0.717) is 24.2 Å². The van der Waals surface area contributed by atoms with Gasteiger partial charge in [0, 0.05) is 52.1 Å². The van der Waals surface area contributed by atoms with Crippen LogP contribution in [-0.4, -0.2) is 76.8 Å². The summed E-state index contributed by atoms with van der Waals surface area (Å²) in [6.45, 7) is 2.19. The molecule has 0 saturated carbocycles. The van der Waals surface area contributed by atoms with E-state index in [1.54, 1.807) is 42.7 Å². The number of hydrogen-bond acceptors (Lipinski definition) is 3. The molecule has 0 spiro atoms. The van der Waals surface area contributed by atoms with Crippen molar-refractivity contribution in [1.29, 1.82) is 0 Å². The summed E-state index contributed by atoms with van der Waals surface area (Å²) < 4.78 is 15.2. The molecular formula is C19H23FN4O3. The Balaban J connectivity index is 1.90. The summed E-state index contributed by atoms with van der Waals surface area (Å²) in [5, 5.41) is 0.643.